The molecule has 0 aromatic carbocycles. The van der Waals surface area contributed by atoms with Gasteiger partial charge in [-0.25, -0.2) is 0 Å². The van der Waals surface area contributed by atoms with E-state index in [0.717, 1.165) is 18.0 Å². The van der Waals surface area contributed by atoms with Gasteiger partial charge in [0.2, 0.25) is 0 Å². The number of hydrogen-bond acceptors (Lipinski definition) is 2. The molecular formula is C9H17NO. The molecule has 0 atom stereocenters. The molecule has 0 radical (unpaired) electrons. The van der Waals surface area contributed by atoms with E-state index in [1.165, 1.54) is 32.1 Å². The second-order valence-electron chi connectivity index (χ2n) is 4.14. The molecule has 2 heteroatoms. The van der Waals surface area contributed by atoms with Gasteiger partial charge >= 0.3 is 0 Å². The lowest BCUT2D eigenvalue weighted by Crippen LogP contribution is -2.52. The number of aliphatic hydroxyl groups is 1. The zero-order valence-electron chi connectivity index (χ0n) is 6.97. The molecule has 0 aromatic rings. The highest BCUT2D eigenvalue weighted by Crippen LogP contribution is 2.55. The topological polar surface area (TPSA) is 32.3 Å². The van der Waals surface area contributed by atoms with Crippen molar-refractivity contribution >= 4 is 0 Å². The van der Waals surface area contributed by atoms with Crippen LogP contribution in [0.25, 0.3) is 0 Å². The second kappa shape index (κ2) is 2.76. The summed E-state index contributed by atoms with van der Waals surface area (Å²) in [6.45, 7) is 1.06. The minimum absolute atomic E-state index is 0.281. The Kier molecular flexibility index (Phi) is 1.90. The SMILES string of the molecule is OCCNC1CC2(CCC2)C1. The summed E-state index contributed by atoms with van der Waals surface area (Å²) in [5.41, 5.74) is 0.771. The highest BCUT2D eigenvalue weighted by molar-refractivity contribution is 5.02. The van der Waals surface area contributed by atoms with Crippen LogP contribution in [0.2, 0.25) is 0 Å². The van der Waals surface area contributed by atoms with Gasteiger partial charge in [0, 0.05) is 12.6 Å². The molecule has 2 aliphatic carbocycles. The van der Waals surface area contributed by atoms with E-state index in [-0.39, 0.29) is 6.61 Å². The molecule has 0 aromatic heterocycles. The highest BCUT2D eigenvalue weighted by atomic mass is 16.3. The van der Waals surface area contributed by atoms with Crippen molar-refractivity contribution in [1.29, 1.82) is 0 Å². The van der Waals surface area contributed by atoms with E-state index in [1.807, 2.05) is 0 Å². The predicted molar refractivity (Wildman–Crippen MR) is 44.4 cm³/mol. The molecule has 0 bridgehead atoms. The van der Waals surface area contributed by atoms with Gasteiger partial charge in [-0.3, -0.25) is 0 Å². The van der Waals surface area contributed by atoms with Gasteiger partial charge in [0.25, 0.3) is 0 Å². The number of aliphatic hydroxyl groups excluding tert-OH is 1. The maximum Gasteiger partial charge on any atom is 0.0556 e. The standard InChI is InChI=1S/C9H17NO/c11-5-4-10-8-6-9(7-8)2-1-3-9/h8,10-11H,1-7H2. The van der Waals surface area contributed by atoms with Crippen molar-refractivity contribution in [3.05, 3.63) is 0 Å². The third-order valence-electron chi connectivity index (χ3n) is 3.32. The molecule has 0 heterocycles. The van der Waals surface area contributed by atoms with Crippen LogP contribution in [0.1, 0.15) is 32.1 Å². The number of nitrogens with one attached hydrogen (secondary N) is 1. The maximum absolute atomic E-state index is 8.57. The maximum atomic E-state index is 8.57. The van der Waals surface area contributed by atoms with Gasteiger partial charge in [-0.05, 0) is 31.1 Å². The first kappa shape index (κ1) is 7.56. The Morgan fingerprint density at radius 1 is 1.36 bits per heavy atom. The Hall–Kier alpha value is -0.0800. The van der Waals surface area contributed by atoms with Crippen molar-refractivity contribution in [2.24, 2.45) is 5.41 Å². The molecule has 0 unspecified atom stereocenters. The summed E-state index contributed by atoms with van der Waals surface area (Å²) >= 11 is 0. The highest BCUT2D eigenvalue weighted by Gasteiger charge is 2.47. The van der Waals surface area contributed by atoms with Crippen LogP contribution in [0.3, 0.4) is 0 Å². The molecule has 0 saturated heterocycles. The van der Waals surface area contributed by atoms with Gasteiger partial charge in [-0.15, -0.1) is 0 Å². The zero-order chi connectivity index (χ0) is 7.73. The average Bonchev–Trinajstić information content (AvgIpc) is 1.81. The molecule has 2 N–H and O–H groups in total. The van der Waals surface area contributed by atoms with E-state index in [0.29, 0.717) is 0 Å². The minimum atomic E-state index is 0.281. The van der Waals surface area contributed by atoms with E-state index in [9.17, 15) is 0 Å². The van der Waals surface area contributed by atoms with Gasteiger partial charge in [-0.1, -0.05) is 6.42 Å². The molecule has 1 spiro atoms. The van der Waals surface area contributed by atoms with Crippen LogP contribution < -0.4 is 5.32 Å². The van der Waals surface area contributed by atoms with Crippen molar-refractivity contribution in [3.8, 4) is 0 Å². The summed E-state index contributed by atoms with van der Waals surface area (Å²) in [7, 11) is 0. The Morgan fingerprint density at radius 3 is 2.55 bits per heavy atom. The first-order chi connectivity index (χ1) is 5.35. The number of hydrogen-bond donors (Lipinski definition) is 2. The van der Waals surface area contributed by atoms with E-state index in [2.05, 4.69) is 5.32 Å². The third kappa shape index (κ3) is 1.30. The molecule has 11 heavy (non-hydrogen) atoms. The Labute approximate surface area is 68.0 Å². The Bertz CT molecular complexity index is 134. The molecule has 0 aliphatic heterocycles. The fourth-order valence-corrected chi connectivity index (χ4v) is 2.48. The quantitative estimate of drug-likeness (QED) is 0.634. The second-order valence-corrected chi connectivity index (χ2v) is 4.14. The van der Waals surface area contributed by atoms with Crippen molar-refractivity contribution in [2.75, 3.05) is 13.2 Å². The van der Waals surface area contributed by atoms with E-state index >= 15 is 0 Å². The molecule has 0 amide bonds. The fourth-order valence-electron chi connectivity index (χ4n) is 2.48. The summed E-state index contributed by atoms with van der Waals surface area (Å²) < 4.78 is 0. The third-order valence-corrected chi connectivity index (χ3v) is 3.32. The molecule has 2 fully saturated rings. The first-order valence-corrected chi connectivity index (χ1v) is 4.69. The van der Waals surface area contributed by atoms with Crippen molar-refractivity contribution in [1.82, 2.24) is 5.32 Å². The Balaban J connectivity index is 1.63. The summed E-state index contributed by atoms with van der Waals surface area (Å²) in [5, 5.41) is 11.9. The van der Waals surface area contributed by atoms with E-state index < -0.39 is 0 Å². The lowest BCUT2D eigenvalue weighted by Gasteiger charge is -2.54. The molecule has 64 valence electrons. The lowest BCUT2D eigenvalue weighted by molar-refractivity contribution is -0.00311. The smallest absolute Gasteiger partial charge is 0.0556 e. The van der Waals surface area contributed by atoms with Crippen molar-refractivity contribution in [3.63, 3.8) is 0 Å². The van der Waals surface area contributed by atoms with Crippen LogP contribution in [0.4, 0.5) is 0 Å². The summed E-state index contributed by atoms with van der Waals surface area (Å²) in [6, 6.07) is 0.724. The fraction of sp³-hybridized carbons (Fsp3) is 1.00. The van der Waals surface area contributed by atoms with Crippen LogP contribution >= 0.6 is 0 Å². The van der Waals surface area contributed by atoms with Gasteiger partial charge in [-0.2, -0.15) is 0 Å². The zero-order valence-corrected chi connectivity index (χ0v) is 6.97. The normalized spacial score (nSPS) is 28.1. The van der Waals surface area contributed by atoms with Crippen molar-refractivity contribution in [2.45, 2.75) is 38.1 Å². The van der Waals surface area contributed by atoms with Gasteiger partial charge in [0.05, 0.1) is 6.61 Å². The van der Waals surface area contributed by atoms with Crippen LogP contribution in [0.5, 0.6) is 0 Å². The predicted octanol–water partition coefficient (Wildman–Crippen LogP) is 0.901. The van der Waals surface area contributed by atoms with Gasteiger partial charge < -0.3 is 10.4 Å². The molecule has 2 saturated carbocycles. The summed E-state index contributed by atoms with van der Waals surface area (Å²) in [4.78, 5) is 0. The lowest BCUT2D eigenvalue weighted by atomic mass is 9.54. The van der Waals surface area contributed by atoms with Crippen LogP contribution in [-0.2, 0) is 0 Å². The van der Waals surface area contributed by atoms with Crippen molar-refractivity contribution < 1.29 is 5.11 Å². The first-order valence-electron chi connectivity index (χ1n) is 4.69. The van der Waals surface area contributed by atoms with Crippen LogP contribution in [-0.4, -0.2) is 24.3 Å². The minimum Gasteiger partial charge on any atom is -0.395 e. The summed E-state index contributed by atoms with van der Waals surface area (Å²) in [6.07, 6.45) is 7.11. The molecule has 2 nitrogen and oxygen atoms in total. The van der Waals surface area contributed by atoms with E-state index in [4.69, 9.17) is 5.11 Å². The number of rotatable bonds is 3. The van der Waals surface area contributed by atoms with E-state index in [1.54, 1.807) is 0 Å². The molecular weight excluding hydrogens is 138 g/mol. The van der Waals surface area contributed by atoms with Crippen LogP contribution in [0, 0.1) is 5.41 Å². The van der Waals surface area contributed by atoms with Crippen LogP contribution in [0.15, 0.2) is 0 Å². The average molecular weight is 155 g/mol. The largest absolute Gasteiger partial charge is 0.395 e. The monoisotopic (exact) mass is 155 g/mol. The molecule has 2 rings (SSSR count). The van der Waals surface area contributed by atoms with Gasteiger partial charge in [0.1, 0.15) is 0 Å². The Morgan fingerprint density at radius 2 is 2.09 bits per heavy atom. The summed E-state index contributed by atoms with van der Waals surface area (Å²) in [5.74, 6) is 0. The van der Waals surface area contributed by atoms with Gasteiger partial charge in [0.15, 0.2) is 0 Å². The molecule has 2 aliphatic rings.